The minimum Gasteiger partial charge on any atom is -0.368 e. The van der Waals surface area contributed by atoms with E-state index in [0.29, 0.717) is 12.8 Å². The van der Waals surface area contributed by atoms with Crippen molar-refractivity contribution >= 4 is 11.8 Å². The highest BCUT2D eigenvalue weighted by atomic mass is 16.2. The summed E-state index contributed by atoms with van der Waals surface area (Å²) in [5.74, 6) is -0.576. The van der Waals surface area contributed by atoms with E-state index < -0.39 is 11.4 Å². The van der Waals surface area contributed by atoms with Gasteiger partial charge in [-0.15, -0.1) is 0 Å². The Labute approximate surface area is 118 Å². The smallest absolute Gasteiger partial charge is 0.243 e. The first-order valence-electron chi connectivity index (χ1n) is 7.32. The minimum atomic E-state index is -0.811. The second kappa shape index (κ2) is 4.93. The van der Waals surface area contributed by atoms with Gasteiger partial charge in [-0.3, -0.25) is 9.59 Å². The predicted molar refractivity (Wildman–Crippen MR) is 76.0 cm³/mol. The first kappa shape index (κ1) is 13.2. The van der Waals surface area contributed by atoms with Gasteiger partial charge in [-0.2, -0.15) is 0 Å². The molecule has 0 aliphatic heterocycles. The fourth-order valence-corrected chi connectivity index (χ4v) is 3.56. The van der Waals surface area contributed by atoms with Crippen LogP contribution in [-0.2, 0) is 16.0 Å². The Morgan fingerprint density at radius 1 is 1.20 bits per heavy atom. The highest BCUT2D eigenvalue weighted by molar-refractivity contribution is 5.93. The summed E-state index contributed by atoms with van der Waals surface area (Å²) in [5.41, 5.74) is 7.05. The molecule has 1 fully saturated rings. The Morgan fingerprint density at radius 3 is 2.60 bits per heavy atom. The normalized spacial score (nSPS) is 23.3. The fourth-order valence-electron chi connectivity index (χ4n) is 3.56. The van der Waals surface area contributed by atoms with Gasteiger partial charge in [-0.05, 0) is 36.8 Å². The quantitative estimate of drug-likeness (QED) is 0.877. The van der Waals surface area contributed by atoms with Gasteiger partial charge in [-0.25, -0.2) is 0 Å². The molecule has 1 saturated carbocycles. The van der Waals surface area contributed by atoms with Crippen LogP contribution in [0.1, 0.15) is 49.1 Å². The lowest BCUT2D eigenvalue weighted by Gasteiger charge is -2.28. The number of nitrogens with two attached hydrogens (primary N) is 1. The largest absolute Gasteiger partial charge is 0.368 e. The number of hydrogen-bond donors (Lipinski definition) is 2. The van der Waals surface area contributed by atoms with Crippen LogP contribution in [0.2, 0.25) is 0 Å². The van der Waals surface area contributed by atoms with E-state index in [1.54, 1.807) is 0 Å². The summed E-state index contributed by atoms with van der Waals surface area (Å²) in [6.45, 7) is 0. The lowest BCUT2D eigenvalue weighted by Crippen LogP contribution is -2.56. The highest BCUT2D eigenvalue weighted by Gasteiger charge is 2.42. The number of hydrogen-bond acceptors (Lipinski definition) is 2. The van der Waals surface area contributed by atoms with Crippen molar-refractivity contribution in [3.63, 3.8) is 0 Å². The third-order valence-electron chi connectivity index (χ3n) is 4.74. The van der Waals surface area contributed by atoms with Crippen molar-refractivity contribution in [2.24, 2.45) is 5.73 Å². The first-order chi connectivity index (χ1) is 9.62. The molecule has 1 aromatic rings. The summed E-state index contributed by atoms with van der Waals surface area (Å²) in [6, 6.07) is 8.05. The van der Waals surface area contributed by atoms with E-state index in [1.165, 1.54) is 5.56 Å². The Bertz CT molecular complexity index is 547. The van der Waals surface area contributed by atoms with Crippen molar-refractivity contribution in [2.75, 3.05) is 0 Å². The molecule has 2 aliphatic carbocycles. The average Bonchev–Trinajstić information content (AvgIpc) is 3.05. The van der Waals surface area contributed by atoms with Crippen LogP contribution < -0.4 is 11.1 Å². The molecule has 3 rings (SSSR count). The third kappa shape index (κ3) is 2.09. The molecular formula is C16H20N2O2. The number of benzene rings is 1. The zero-order valence-electron chi connectivity index (χ0n) is 11.5. The molecule has 3 N–H and O–H groups in total. The number of amides is 2. The molecule has 4 heteroatoms. The van der Waals surface area contributed by atoms with Crippen molar-refractivity contribution in [1.82, 2.24) is 5.32 Å². The number of aryl methyl sites for hydroxylation is 1. The first-order valence-corrected chi connectivity index (χ1v) is 7.32. The van der Waals surface area contributed by atoms with Crippen molar-refractivity contribution in [1.29, 1.82) is 0 Å². The lowest BCUT2D eigenvalue weighted by atomic mass is 9.93. The predicted octanol–water partition coefficient (Wildman–Crippen LogP) is 1.63. The van der Waals surface area contributed by atoms with E-state index in [2.05, 4.69) is 11.4 Å². The molecule has 0 aromatic heterocycles. The maximum atomic E-state index is 12.6. The number of carbonyl (C=O) groups is 2. The van der Waals surface area contributed by atoms with Crippen LogP contribution in [0.3, 0.4) is 0 Å². The Morgan fingerprint density at radius 2 is 1.90 bits per heavy atom. The van der Waals surface area contributed by atoms with Crippen LogP contribution in [0.5, 0.6) is 0 Å². The molecule has 2 amide bonds. The monoisotopic (exact) mass is 272 g/mol. The summed E-state index contributed by atoms with van der Waals surface area (Å²) in [7, 11) is 0. The van der Waals surface area contributed by atoms with Gasteiger partial charge in [-0.1, -0.05) is 37.1 Å². The minimum absolute atomic E-state index is 0.0457. The van der Waals surface area contributed by atoms with Crippen LogP contribution in [0, 0.1) is 0 Å². The van der Waals surface area contributed by atoms with Gasteiger partial charge >= 0.3 is 0 Å². The van der Waals surface area contributed by atoms with Crippen molar-refractivity contribution in [3.8, 4) is 0 Å². The summed E-state index contributed by atoms with van der Waals surface area (Å²) in [4.78, 5) is 24.3. The molecule has 106 valence electrons. The number of rotatable bonds is 3. The third-order valence-corrected chi connectivity index (χ3v) is 4.74. The topological polar surface area (TPSA) is 72.2 Å². The van der Waals surface area contributed by atoms with E-state index in [0.717, 1.165) is 31.2 Å². The van der Waals surface area contributed by atoms with Crippen LogP contribution >= 0.6 is 0 Å². The van der Waals surface area contributed by atoms with Gasteiger partial charge in [0.25, 0.3) is 0 Å². The molecular weight excluding hydrogens is 252 g/mol. The van der Waals surface area contributed by atoms with E-state index in [-0.39, 0.29) is 11.8 Å². The van der Waals surface area contributed by atoms with Crippen LogP contribution in [0.4, 0.5) is 0 Å². The molecule has 4 nitrogen and oxygen atoms in total. The number of primary amides is 1. The number of carbonyl (C=O) groups excluding carboxylic acids is 2. The van der Waals surface area contributed by atoms with E-state index in [4.69, 9.17) is 5.73 Å². The van der Waals surface area contributed by atoms with Gasteiger partial charge in [0.05, 0.1) is 5.92 Å². The summed E-state index contributed by atoms with van der Waals surface area (Å²) in [6.07, 6.45) is 4.98. The lowest BCUT2D eigenvalue weighted by molar-refractivity contribution is -0.132. The molecule has 1 aromatic carbocycles. The zero-order chi connectivity index (χ0) is 14.2. The van der Waals surface area contributed by atoms with Crippen molar-refractivity contribution < 1.29 is 9.59 Å². The molecule has 0 radical (unpaired) electrons. The second-order valence-corrected chi connectivity index (χ2v) is 5.93. The van der Waals surface area contributed by atoms with Crippen molar-refractivity contribution in [3.05, 3.63) is 35.4 Å². The van der Waals surface area contributed by atoms with Gasteiger partial charge < -0.3 is 11.1 Å². The molecule has 0 heterocycles. The van der Waals surface area contributed by atoms with E-state index in [9.17, 15) is 9.59 Å². The number of fused-ring (bicyclic) bond motifs is 1. The molecule has 20 heavy (non-hydrogen) atoms. The van der Waals surface area contributed by atoms with Gasteiger partial charge in [0.1, 0.15) is 5.54 Å². The van der Waals surface area contributed by atoms with Crippen LogP contribution in [-0.4, -0.2) is 17.4 Å². The second-order valence-electron chi connectivity index (χ2n) is 5.93. The van der Waals surface area contributed by atoms with Gasteiger partial charge in [0, 0.05) is 0 Å². The molecule has 0 saturated heterocycles. The van der Waals surface area contributed by atoms with E-state index in [1.807, 2.05) is 18.2 Å². The van der Waals surface area contributed by atoms with Gasteiger partial charge in [0.15, 0.2) is 0 Å². The fraction of sp³-hybridized carbons (Fsp3) is 0.500. The van der Waals surface area contributed by atoms with E-state index >= 15 is 0 Å². The Kier molecular flexibility index (Phi) is 3.24. The summed E-state index contributed by atoms with van der Waals surface area (Å²) >= 11 is 0. The summed E-state index contributed by atoms with van der Waals surface area (Å²) < 4.78 is 0. The molecule has 0 bridgehead atoms. The molecule has 0 unspecified atom stereocenters. The van der Waals surface area contributed by atoms with Crippen LogP contribution in [0.15, 0.2) is 24.3 Å². The molecule has 1 atom stereocenters. The SMILES string of the molecule is NC(=O)C1(NC(=O)[C@@H]2CCc3ccccc32)CCCC1. The maximum absolute atomic E-state index is 12.6. The highest BCUT2D eigenvalue weighted by Crippen LogP contribution is 2.35. The average molecular weight is 272 g/mol. The Balaban J connectivity index is 1.79. The molecule has 2 aliphatic rings. The summed E-state index contributed by atoms with van der Waals surface area (Å²) in [5, 5.41) is 2.96. The van der Waals surface area contributed by atoms with Gasteiger partial charge in [0.2, 0.25) is 11.8 Å². The standard InChI is InChI=1S/C16H20N2O2/c17-15(20)16(9-3-4-10-16)18-14(19)13-8-7-11-5-1-2-6-12(11)13/h1-2,5-6,13H,3-4,7-10H2,(H2,17,20)(H,18,19)/t13-/m1/s1. The zero-order valence-corrected chi connectivity index (χ0v) is 11.5. The molecule has 0 spiro atoms. The number of nitrogens with one attached hydrogen (secondary N) is 1. The van der Waals surface area contributed by atoms with Crippen molar-refractivity contribution in [2.45, 2.75) is 50.0 Å². The maximum Gasteiger partial charge on any atom is 0.243 e. The van der Waals surface area contributed by atoms with Crippen LogP contribution in [0.25, 0.3) is 0 Å². The Hall–Kier alpha value is -1.84.